The molecule has 0 aliphatic heterocycles. The Bertz CT molecular complexity index is 611. The summed E-state index contributed by atoms with van der Waals surface area (Å²) in [5.41, 5.74) is 9.39. The Hall–Kier alpha value is -2.56. The van der Waals surface area contributed by atoms with Gasteiger partial charge in [-0.25, -0.2) is 0 Å². The summed E-state index contributed by atoms with van der Waals surface area (Å²) < 4.78 is 0. The first-order valence-corrected chi connectivity index (χ1v) is 6.31. The van der Waals surface area contributed by atoms with Crippen LogP contribution in [0.2, 0.25) is 0 Å². The molecule has 0 aliphatic carbocycles. The zero-order valence-corrected chi connectivity index (χ0v) is 11.6. The number of pyridine rings is 1. The number of amidine groups is 1. The molecule has 0 atom stereocenters. The van der Waals surface area contributed by atoms with Crippen molar-refractivity contribution in [2.24, 2.45) is 10.9 Å². The van der Waals surface area contributed by atoms with Gasteiger partial charge in [-0.3, -0.25) is 4.98 Å². The van der Waals surface area contributed by atoms with Gasteiger partial charge in [0.25, 0.3) is 0 Å². The lowest BCUT2D eigenvalue weighted by atomic mass is 10.1. The van der Waals surface area contributed by atoms with E-state index in [1.165, 1.54) is 0 Å². The maximum Gasteiger partial charge on any atom is 0.170 e. The van der Waals surface area contributed by atoms with Crippen LogP contribution in [0.3, 0.4) is 0 Å². The molecule has 0 radical (unpaired) electrons. The molecular weight excluding hydrogens is 252 g/mol. The van der Waals surface area contributed by atoms with Gasteiger partial charge < -0.3 is 15.8 Å². The minimum absolute atomic E-state index is 0.126. The third kappa shape index (κ3) is 3.06. The molecule has 1 aromatic carbocycles. The highest BCUT2D eigenvalue weighted by atomic mass is 16.4. The number of nitrogens with zero attached hydrogens (tertiary/aromatic N) is 3. The van der Waals surface area contributed by atoms with E-state index in [4.69, 9.17) is 10.9 Å². The van der Waals surface area contributed by atoms with Crippen molar-refractivity contribution in [2.75, 3.05) is 11.9 Å². The van der Waals surface area contributed by atoms with Crippen molar-refractivity contribution in [1.29, 1.82) is 0 Å². The molecule has 1 heterocycles. The molecule has 0 aliphatic rings. The maximum atomic E-state index is 8.73. The van der Waals surface area contributed by atoms with Crippen LogP contribution in [-0.2, 0) is 6.54 Å². The van der Waals surface area contributed by atoms with Gasteiger partial charge >= 0.3 is 0 Å². The monoisotopic (exact) mass is 270 g/mol. The summed E-state index contributed by atoms with van der Waals surface area (Å²) in [7, 11) is 2.01. The van der Waals surface area contributed by atoms with Crippen LogP contribution in [0.5, 0.6) is 0 Å². The second-order valence-electron chi connectivity index (χ2n) is 4.66. The maximum absolute atomic E-state index is 8.73. The van der Waals surface area contributed by atoms with Gasteiger partial charge in [0, 0.05) is 24.5 Å². The van der Waals surface area contributed by atoms with Crippen LogP contribution in [0.1, 0.15) is 16.8 Å². The summed E-state index contributed by atoms with van der Waals surface area (Å²) in [5, 5.41) is 11.8. The summed E-state index contributed by atoms with van der Waals surface area (Å²) in [6.45, 7) is 2.66. The standard InChI is InChI=1S/C15H18N4O/c1-11-9-13(6-7-14(11)15(16)18-20)19(2)10-12-5-3-4-8-17-12/h3-9,20H,10H2,1-2H3,(H2,16,18). The van der Waals surface area contributed by atoms with E-state index in [9.17, 15) is 0 Å². The number of benzene rings is 1. The smallest absolute Gasteiger partial charge is 0.170 e. The van der Waals surface area contributed by atoms with E-state index in [0.717, 1.165) is 29.1 Å². The fraction of sp³-hybridized carbons (Fsp3) is 0.200. The Kier molecular flexibility index (Phi) is 4.20. The number of rotatable bonds is 4. The van der Waals surface area contributed by atoms with Gasteiger partial charge in [0.1, 0.15) is 0 Å². The first kappa shape index (κ1) is 13.9. The van der Waals surface area contributed by atoms with Gasteiger partial charge in [0.05, 0.1) is 12.2 Å². The lowest BCUT2D eigenvalue weighted by molar-refractivity contribution is 0.318. The highest BCUT2D eigenvalue weighted by Gasteiger charge is 2.08. The van der Waals surface area contributed by atoms with Crippen LogP contribution in [0, 0.1) is 6.92 Å². The average molecular weight is 270 g/mol. The quantitative estimate of drug-likeness (QED) is 0.386. The van der Waals surface area contributed by atoms with Crippen molar-refractivity contribution in [2.45, 2.75) is 13.5 Å². The average Bonchev–Trinajstić information content (AvgIpc) is 2.47. The molecule has 104 valence electrons. The highest BCUT2D eigenvalue weighted by Crippen LogP contribution is 2.19. The van der Waals surface area contributed by atoms with Crippen LogP contribution in [0.25, 0.3) is 0 Å². The number of oxime groups is 1. The normalized spacial score (nSPS) is 11.4. The Morgan fingerprint density at radius 1 is 1.35 bits per heavy atom. The lowest BCUT2D eigenvalue weighted by Gasteiger charge is -2.20. The van der Waals surface area contributed by atoms with Crippen molar-refractivity contribution in [1.82, 2.24) is 4.98 Å². The molecule has 2 rings (SSSR count). The molecule has 20 heavy (non-hydrogen) atoms. The molecule has 0 spiro atoms. The van der Waals surface area contributed by atoms with E-state index >= 15 is 0 Å². The topological polar surface area (TPSA) is 74.7 Å². The summed E-state index contributed by atoms with van der Waals surface area (Å²) in [4.78, 5) is 6.41. The fourth-order valence-corrected chi connectivity index (χ4v) is 2.05. The van der Waals surface area contributed by atoms with Gasteiger partial charge in [-0.15, -0.1) is 0 Å². The molecule has 0 saturated heterocycles. The molecule has 5 nitrogen and oxygen atoms in total. The fourth-order valence-electron chi connectivity index (χ4n) is 2.05. The van der Waals surface area contributed by atoms with Crippen LogP contribution < -0.4 is 10.6 Å². The second-order valence-corrected chi connectivity index (χ2v) is 4.66. The molecule has 0 saturated carbocycles. The largest absolute Gasteiger partial charge is 0.409 e. The summed E-state index contributed by atoms with van der Waals surface area (Å²) in [6, 6.07) is 11.7. The predicted molar refractivity (Wildman–Crippen MR) is 80.0 cm³/mol. The number of aryl methyl sites for hydroxylation is 1. The number of aromatic nitrogens is 1. The Labute approximate surface area is 118 Å². The van der Waals surface area contributed by atoms with E-state index in [1.54, 1.807) is 6.20 Å². The molecule has 3 N–H and O–H groups in total. The number of hydrogen-bond acceptors (Lipinski definition) is 4. The van der Waals surface area contributed by atoms with E-state index in [-0.39, 0.29) is 5.84 Å². The van der Waals surface area contributed by atoms with Crippen LogP contribution in [0.4, 0.5) is 5.69 Å². The number of hydrogen-bond donors (Lipinski definition) is 2. The van der Waals surface area contributed by atoms with Crippen molar-refractivity contribution >= 4 is 11.5 Å². The van der Waals surface area contributed by atoms with Crippen molar-refractivity contribution in [3.8, 4) is 0 Å². The zero-order valence-electron chi connectivity index (χ0n) is 11.6. The molecule has 0 fully saturated rings. The third-order valence-corrected chi connectivity index (χ3v) is 3.16. The van der Waals surface area contributed by atoms with E-state index in [2.05, 4.69) is 15.0 Å². The molecular formula is C15H18N4O. The SMILES string of the molecule is Cc1cc(N(C)Cc2ccccn2)ccc1/C(N)=N/O. The van der Waals surface area contributed by atoms with Gasteiger partial charge in [-0.2, -0.15) is 0 Å². The molecule has 2 aromatic rings. The number of nitrogens with two attached hydrogens (primary N) is 1. The predicted octanol–water partition coefficient (Wildman–Crippen LogP) is 2.12. The first-order valence-electron chi connectivity index (χ1n) is 6.31. The minimum atomic E-state index is 0.126. The van der Waals surface area contributed by atoms with Crippen molar-refractivity contribution in [3.05, 3.63) is 59.4 Å². The van der Waals surface area contributed by atoms with E-state index in [0.29, 0.717) is 0 Å². The van der Waals surface area contributed by atoms with Gasteiger partial charge in [0.2, 0.25) is 0 Å². The highest BCUT2D eigenvalue weighted by molar-refractivity contribution is 5.98. The lowest BCUT2D eigenvalue weighted by Crippen LogP contribution is -2.19. The number of anilines is 1. The molecule has 0 unspecified atom stereocenters. The first-order chi connectivity index (χ1) is 9.61. The molecule has 5 heteroatoms. The van der Waals surface area contributed by atoms with E-state index < -0.39 is 0 Å². The molecule has 0 amide bonds. The van der Waals surface area contributed by atoms with Crippen molar-refractivity contribution < 1.29 is 5.21 Å². The second kappa shape index (κ2) is 6.06. The minimum Gasteiger partial charge on any atom is -0.409 e. The third-order valence-electron chi connectivity index (χ3n) is 3.16. The van der Waals surface area contributed by atoms with Crippen LogP contribution >= 0.6 is 0 Å². The Balaban J connectivity index is 2.19. The Morgan fingerprint density at radius 3 is 2.75 bits per heavy atom. The molecule has 0 bridgehead atoms. The molecule has 1 aromatic heterocycles. The van der Waals surface area contributed by atoms with Gasteiger partial charge in [-0.1, -0.05) is 11.2 Å². The van der Waals surface area contributed by atoms with Crippen LogP contribution in [0.15, 0.2) is 47.8 Å². The Morgan fingerprint density at radius 2 is 2.15 bits per heavy atom. The van der Waals surface area contributed by atoms with Crippen LogP contribution in [-0.4, -0.2) is 23.1 Å². The van der Waals surface area contributed by atoms with E-state index in [1.807, 2.05) is 50.4 Å². The summed E-state index contributed by atoms with van der Waals surface area (Å²) in [6.07, 6.45) is 1.79. The summed E-state index contributed by atoms with van der Waals surface area (Å²) >= 11 is 0. The summed E-state index contributed by atoms with van der Waals surface area (Å²) in [5.74, 6) is 0.126. The van der Waals surface area contributed by atoms with Gasteiger partial charge in [-0.05, 0) is 42.8 Å². The zero-order chi connectivity index (χ0) is 14.5. The van der Waals surface area contributed by atoms with Crippen molar-refractivity contribution in [3.63, 3.8) is 0 Å². The van der Waals surface area contributed by atoms with Gasteiger partial charge in [0.15, 0.2) is 5.84 Å².